The number of hydrazone groups is 1. The number of benzene rings is 3. The molecule has 2 N–H and O–H groups in total. The van der Waals surface area contributed by atoms with Gasteiger partial charge in [-0.3, -0.25) is 4.79 Å². The van der Waals surface area contributed by atoms with Gasteiger partial charge in [0.15, 0.2) is 0 Å². The summed E-state index contributed by atoms with van der Waals surface area (Å²) in [7, 11) is 1.65. The van der Waals surface area contributed by atoms with Crippen LogP contribution in [0.4, 0.5) is 5.69 Å². The van der Waals surface area contributed by atoms with Crippen molar-refractivity contribution in [2.24, 2.45) is 5.10 Å². The van der Waals surface area contributed by atoms with E-state index in [-0.39, 0.29) is 11.5 Å². The third-order valence-electron chi connectivity index (χ3n) is 5.17. The van der Waals surface area contributed by atoms with Crippen molar-refractivity contribution < 1.29 is 19.4 Å². The summed E-state index contributed by atoms with van der Waals surface area (Å²) in [5, 5.41) is 12.9. The second kappa shape index (κ2) is 8.71. The minimum Gasteiger partial charge on any atom is -0.497 e. The standard InChI is InChI=1S/C24H21N3O4/c1-31-22-10-8-21(9-11-22)27-14-19-7-6-18(12-20(19)15-27)23(28)26-25-13-16-2-4-17(5-3-16)24(29)30/h2-13H,14-15H2,1H3,(H,26,28)(H,29,30)/b25-13+. The van der Waals surface area contributed by atoms with Gasteiger partial charge < -0.3 is 14.7 Å². The van der Waals surface area contributed by atoms with Crippen molar-refractivity contribution >= 4 is 23.8 Å². The van der Waals surface area contributed by atoms with Gasteiger partial charge in [0, 0.05) is 24.3 Å². The highest BCUT2D eigenvalue weighted by Crippen LogP contribution is 2.30. The first-order valence-electron chi connectivity index (χ1n) is 9.71. The Morgan fingerprint density at radius 2 is 1.65 bits per heavy atom. The second-order valence-corrected chi connectivity index (χ2v) is 7.16. The number of methoxy groups -OCH3 is 1. The normalized spacial score (nSPS) is 12.6. The Morgan fingerprint density at radius 3 is 2.32 bits per heavy atom. The molecule has 0 radical (unpaired) electrons. The third kappa shape index (κ3) is 4.56. The van der Waals surface area contributed by atoms with Crippen LogP contribution in [0.2, 0.25) is 0 Å². The average molecular weight is 415 g/mol. The fraction of sp³-hybridized carbons (Fsp3) is 0.125. The Bertz CT molecular complexity index is 1140. The maximum Gasteiger partial charge on any atom is 0.335 e. The minimum absolute atomic E-state index is 0.197. The molecule has 0 saturated heterocycles. The van der Waals surface area contributed by atoms with Crippen molar-refractivity contribution in [3.8, 4) is 5.75 Å². The Hall–Kier alpha value is -4.13. The third-order valence-corrected chi connectivity index (χ3v) is 5.17. The summed E-state index contributed by atoms with van der Waals surface area (Å²) in [6.07, 6.45) is 1.47. The number of anilines is 1. The number of ether oxygens (including phenoxy) is 1. The van der Waals surface area contributed by atoms with E-state index in [0.717, 1.165) is 30.1 Å². The topological polar surface area (TPSA) is 91.2 Å². The van der Waals surface area contributed by atoms with E-state index in [1.165, 1.54) is 23.9 Å². The van der Waals surface area contributed by atoms with Gasteiger partial charge in [0.2, 0.25) is 0 Å². The van der Waals surface area contributed by atoms with E-state index in [4.69, 9.17) is 9.84 Å². The molecule has 0 spiro atoms. The molecule has 0 unspecified atom stereocenters. The van der Waals surface area contributed by atoms with Gasteiger partial charge in [-0.25, -0.2) is 10.2 Å². The molecule has 3 aromatic carbocycles. The van der Waals surface area contributed by atoms with Gasteiger partial charge in [-0.2, -0.15) is 5.10 Å². The van der Waals surface area contributed by atoms with E-state index < -0.39 is 5.97 Å². The molecular formula is C24H21N3O4. The zero-order valence-corrected chi connectivity index (χ0v) is 16.9. The molecule has 1 aliphatic heterocycles. The number of amides is 1. The van der Waals surface area contributed by atoms with E-state index in [2.05, 4.69) is 15.4 Å². The van der Waals surface area contributed by atoms with E-state index in [0.29, 0.717) is 11.1 Å². The highest BCUT2D eigenvalue weighted by molar-refractivity contribution is 5.95. The molecule has 0 aromatic heterocycles. The number of hydrogen-bond donors (Lipinski definition) is 2. The number of hydrogen-bond acceptors (Lipinski definition) is 5. The van der Waals surface area contributed by atoms with Crippen molar-refractivity contribution in [1.29, 1.82) is 0 Å². The van der Waals surface area contributed by atoms with Crippen LogP contribution < -0.4 is 15.1 Å². The Labute approximate surface area is 179 Å². The van der Waals surface area contributed by atoms with Gasteiger partial charge in [-0.05, 0) is 65.2 Å². The molecule has 0 atom stereocenters. The predicted molar refractivity (Wildman–Crippen MR) is 118 cm³/mol. The summed E-state index contributed by atoms with van der Waals surface area (Å²) >= 11 is 0. The molecule has 0 bridgehead atoms. The lowest BCUT2D eigenvalue weighted by Crippen LogP contribution is -2.18. The number of aromatic carboxylic acids is 1. The molecule has 1 aliphatic rings. The van der Waals surface area contributed by atoms with Crippen LogP contribution in [-0.4, -0.2) is 30.3 Å². The Kier molecular flexibility index (Phi) is 5.66. The van der Waals surface area contributed by atoms with Gasteiger partial charge >= 0.3 is 5.97 Å². The van der Waals surface area contributed by atoms with Crippen LogP contribution in [0.15, 0.2) is 71.8 Å². The lowest BCUT2D eigenvalue weighted by atomic mass is 10.1. The molecule has 0 fully saturated rings. The maximum absolute atomic E-state index is 12.5. The fourth-order valence-corrected chi connectivity index (χ4v) is 3.45. The maximum atomic E-state index is 12.5. The first-order valence-corrected chi connectivity index (χ1v) is 9.71. The van der Waals surface area contributed by atoms with Crippen LogP contribution in [0.3, 0.4) is 0 Å². The van der Waals surface area contributed by atoms with Crippen molar-refractivity contribution in [3.63, 3.8) is 0 Å². The van der Waals surface area contributed by atoms with Crippen molar-refractivity contribution in [1.82, 2.24) is 5.43 Å². The van der Waals surface area contributed by atoms with Crippen LogP contribution in [0.25, 0.3) is 0 Å². The lowest BCUT2D eigenvalue weighted by Gasteiger charge is -2.17. The van der Waals surface area contributed by atoms with Gasteiger partial charge in [-0.1, -0.05) is 18.2 Å². The lowest BCUT2D eigenvalue weighted by molar-refractivity contribution is 0.0696. The van der Waals surface area contributed by atoms with Crippen LogP contribution >= 0.6 is 0 Å². The van der Waals surface area contributed by atoms with E-state index in [1.807, 2.05) is 36.4 Å². The number of rotatable bonds is 6. The second-order valence-electron chi connectivity index (χ2n) is 7.16. The van der Waals surface area contributed by atoms with Crippen LogP contribution in [0.1, 0.15) is 37.4 Å². The first-order chi connectivity index (χ1) is 15.0. The van der Waals surface area contributed by atoms with Gasteiger partial charge in [-0.15, -0.1) is 0 Å². The van der Waals surface area contributed by atoms with Crippen LogP contribution in [0.5, 0.6) is 5.75 Å². The molecule has 1 amide bonds. The molecule has 7 nitrogen and oxygen atoms in total. The summed E-state index contributed by atoms with van der Waals surface area (Å²) in [6, 6.07) is 19.8. The van der Waals surface area contributed by atoms with Gasteiger partial charge in [0.1, 0.15) is 5.75 Å². The molecule has 7 heteroatoms. The largest absolute Gasteiger partial charge is 0.497 e. The zero-order valence-electron chi connectivity index (χ0n) is 16.9. The van der Waals surface area contributed by atoms with Gasteiger partial charge in [0.25, 0.3) is 5.91 Å². The Morgan fingerprint density at radius 1 is 0.968 bits per heavy atom. The molecule has 3 aromatic rings. The van der Waals surface area contributed by atoms with E-state index in [9.17, 15) is 9.59 Å². The van der Waals surface area contributed by atoms with E-state index >= 15 is 0 Å². The molecule has 4 rings (SSSR count). The number of carbonyl (C=O) groups excluding carboxylic acids is 1. The Balaban J connectivity index is 1.39. The van der Waals surface area contributed by atoms with Crippen molar-refractivity contribution in [2.45, 2.75) is 13.1 Å². The molecule has 0 aliphatic carbocycles. The first kappa shape index (κ1) is 20.2. The number of carboxylic acid groups (broad SMARTS) is 1. The average Bonchev–Trinajstić information content (AvgIpc) is 3.23. The molecule has 1 heterocycles. The summed E-state index contributed by atoms with van der Waals surface area (Å²) in [6.45, 7) is 1.51. The monoisotopic (exact) mass is 415 g/mol. The summed E-state index contributed by atoms with van der Waals surface area (Å²) in [5.41, 5.74) is 7.34. The minimum atomic E-state index is -0.987. The highest BCUT2D eigenvalue weighted by Gasteiger charge is 2.20. The molecular weight excluding hydrogens is 394 g/mol. The quantitative estimate of drug-likeness (QED) is 0.473. The number of nitrogens with one attached hydrogen (secondary N) is 1. The number of fused-ring (bicyclic) bond motifs is 1. The predicted octanol–water partition coefficient (Wildman–Crippen LogP) is 3.68. The summed E-state index contributed by atoms with van der Waals surface area (Å²) < 4.78 is 5.21. The molecule has 0 saturated carbocycles. The van der Waals surface area contributed by atoms with Crippen LogP contribution in [-0.2, 0) is 13.1 Å². The number of nitrogens with zero attached hydrogens (tertiary/aromatic N) is 2. The molecule has 31 heavy (non-hydrogen) atoms. The summed E-state index contributed by atoms with van der Waals surface area (Å²) in [4.78, 5) is 25.6. The highest BCUT2D eigenvalue weighted by atomic mass is 16.5. The summed E-state index contributed by atoms with van der Waals surface area (Å²) in [5.74, 6) is -0.471. The van der Waals surface area contributed by atoms with E-state index in [1.54, 1.807) is 25.3 Å². The zero-order chi connectivity index (χ0) is 21.8. The van der Waals surface area contributed by atoms with Crippen molar-refractivity contribution in [3.05, 3.63) is 94.5 Å². The van der Waals surface area contributed by atoms with Crippen LogP contribution in [0, 0.1) is 0 Å². The number of carboxylic acids is 1. The number of carbonyl (C=O) groups is 2. The smallest absolute Gasteiger partial charge is 0.335 e. The van der Waals surface area contributed by atoms with Gasteiger partial charge in [0.05, 0.1) is 18.9 Å². The molecule has 156 valence electrons. The SMILES string of the molecule is COc1ccc(N2Cc3ccc(C(=O)N/N=C/c4ccc(C(=O)O)cc4)cc3C2)cc1. The fourth-order valence-electron chi connectivity index (χ4n) is 3.45. The van der Waals surface area contributed by atoms with Crippen molar-refractivity contribution in [2.75, 3.05) is 12.0 Å².